The number of rotatable bonds is 7. The summed E-state index contributed by atoms with van der Waals surface area (Å²) in [6.07, 6.45) is 1.80. The highest BCUT2D eigenvalue weighted by atomic mass is 32.1. The Bertz CT molecular complexity index is 823. The summed E-state index contributed by atoms with van der Waals surface area (Å²) in [7, 11) is 0. The maximum absolute atomic E-state index is 11.9. The van der Waals surface area contributed by atoms with Crippen LogP contribution in [0, 0.1) is 13.8 Å². The average Bonchev–Trinajstić information content (AvgIpc) is 2.66. The van der Waals surface area contributed by atoms with Crippen LogP contribution in [0.15, 0.2) is 30.4 Å². The second kappa shape index (κ2) is 12.2. The molecule has 3 amide bonds. The van der Waals surface area contributed by atoms with E-state index in [2.05, 4.69) is 26.2 Å². The lowest BCUT2D eigenvalue weighted by atomic mass is 10.1. The van der Waals surface area contributed by atoms with Crippen molar-refractivity contribution in [2.24, 2.45) is 0 Å². The molecule has 4 N–H and O–H groups in total. The highest BCUT2D eigenvalue weighted by molar-refractivity contribution is 7.80. The summed E-state index contributed by atoms with van der Waals surface area (Å²) in [5.74, 6) is -2.12. The lowest BCUT2D eigenvalue weighted by molar-refractivity contribution is -0.137. The molecule has 0 radical (unpaired) electrons. The van der Waals surface area contributed by atoms with Crippen LogP contribution in [0.4, 0.5) is 5.69 Å². The summed E-state index contributed by atoms with van der Waals surface area (Å²) in [5, 5.41) is 4.78. The number of benzene rings is 1. The molecule has 1 aromatic carbocycles. The van der Waals surface area contributed by atoms with Gasteiger partial charge in [-0.25, -0.2) is 4.79 Å². The number of amides is 3. The van der Waals surface area contributed by atoms with Gasteiger partial charge in [-0.1, -0.05) is 6.07 Å². The van der Waals surface area contributed by atoms with E-state index in [9.17, 15) is 19.2 Å². The minimum atomic E-state index is -0.669. The van der Waals surface area contributed by atoms with E-state index in [4.69, 9.17) is 12.2 Å². The molecular formula is C19H24N4O5S. The van der Waals surface area contributed by atoms with Gasteiger partial charge in [0.15, 0.2) is 5.11 Å². The fraction of sp³-hybridized carbons (Fsp3) is 0.316. The molecule has 0 atom stereocenters. The Balaban J connectivity index is 2.29. The zero-order chi connectivity index (χ0) is 21.8. The predicted molar refractivity (Wildman–Crippen MR) is 112 cm³/mol. The molecule has 10 heteroatoms. The molecule has 1 aromatic rings. The van der Waals surface area contributed by atoms with Crippen LogP contribution in [0.3, 0.4) is 0 Å². The highest BCUT2D eigenvalue weighted by Gasteiger charge is 2.09. The highest BCUT2D eigenvalue weighted by Crippen LogP contribution is 2.14. The first-order valence-electron chi connectivity index (χ1n) is 8.83. The first-order valence-corrected chi connectivity index (χ1v) is 9.23. The van der Waals surface area contributed by atoms with E-state index in [1.807, 2.05) is 26.0 Å². The van der Waals surface area contributed by atoms with Crippen LogP contribution in [-0.4, -0.2) is 35.4 Å². The van der Waals surface area contributed by atoms with Crippen molar-refractivity contribution in [1.82, 2.24) is 16.2 Å². The van der Waals surface area contributed by atoms with Crippen LogP contribution >= 0.6 is 12.2 Å². The van der Waals surface area contributed by atoms with E-state index in [0.29, 0.717) is 5.69 Å². The van der Waals surface area contributed by atoms with Crippen molar-refractivity contribution in [3.8, 4) is 0 Å². The Hall–Kier alpha value is -3.27. The standard InChI is InChI=1S/C19H24N4O5S/c1-4-28-18(27)10-9-16(25)21-19(29)23-22-17(26)8-7-15(24)20-14-6-5-12(2)13(3)11-14/h5-6,9-11H,4,7-8H2,1-3H3,(H,20,24)(H,22,26)(H2,21,23,25,29). The number of hydrogen-bond donors (Lipinski definition) is 4. The summed E-state index contributed by atoms with van der Waals surface area (Å²) in [4.78, 5) is 46.3. The minimum absolute atomic E-state index is 0.0260. The van der Waals surface area contributed by atoms with Gasteiger partial charge < -0.3 is 10.1 Å². The van der Waals surface area contributed by atoms with Crippen molar-refractivity contribution in [2.45, 2.75) is 33.6 Å². The SMILES string of the molecule is CCOC(=O)C=CC(=O)NC(=S)NNC(=O)CCC(=O)Nc1ccc(C)c(C)c1. The third kappa shape index (κ3) is 10.0. The lowest BCUT2D eigenvalue weighted by Gasteiger charge is -2.10. The van der Waals surface area contributed by atoms with Crippen molar-refractivity contribution in [3.63, 3.8) is 0 Å². The molecule has 0 saturated heterocycles. The van der Waals surface area contributed by atoms with Crippen molar-refractivity contribution < 1.29 is 23.9 Å². The van der Waals surface area contributed by atoms with Crippen molar-refractivity contribution >= 4 is 46.7 Å². The third-order valence-corrected chi connectivity index (χ3v) is 3.78. The average molecular weight is 420 g/mol. The molecule has 0 aliphatic rings. The number of nitrogens with one attached hydrogen (secondary N) is 4. The number of ether oxygens (including phenoxy) is 1. The number of hydrazine groups is 1. The summed E-state index contributed by atoms with van der Waals surface area (Å²) >= 11 is 4.84. The molecule has 0 aliphatic heterocycles. The van der Waals surface area contributed by atoms with Crippen LogP contribution in [0.25, 0.3) is 0 Å². The van der Waals surface area contributed by atoms with Gasteiger partial charge in [-0.05, 0) is 56.2 Å². The van der Waals surface area contributed by atoms with Crippen LogP contribution in [0.1, 0.15) is 30.9 Å². The van der Waals surface area contributed by atoms with Gasteiger partial charge in [0.1, 0.15) is 0 Å². The summed E-state index contributed by atoms with van der Waals surface area (Å²) in [6, 6.07) is 5.55. The van der Waals surface area contributed by atoms with Crippen LogP contribution in [0.5, 0.6) is 0 Å². The van der Waals surface area contributed by atoms with E-state index < -0.39 is 17.8 Å². The lowest BCUT2D eigenvalue weighted by Crippen LogP contribution is -2.48. The molecule has 0 unspecified atom stereocenters. The molecule has 0 fully saturated rings. The Morgan fingerprint density at radius 3 is 2.34 bits per heavy atom. The smallest absolute Gasteiger partial charge is 0.330 e. The van der Waals surface area contributed by atoms with Gasteiger partial charge >= 0.3 is 5.97 Å². The molecular weight excluding hydrogens is 396 g/mol. The zero-order valence-corrected chi connectivity index (χ0v) is 17.3. The van der Waals surface area contributed by atoms with Gasteiger partial charge in [-0.3, -0.25) is 30.6 Å². The number of anilines is 1. The number of thiocarbonyl (C=S) groups is 1. The number of carbonyl (C=O) groups is 4. The number of hydrogen-bond acceptors (Lipinski definition) is 6. The second-order valence-electron chi connectivity index (χ2n) is 5.92. The molecule has 1 rings (SSSR count). The molecule has 29 heavy (non-hydrogen) atoms. The van der Waals surface area contributed by atoms with Crippen molar-refractivity contribution in [2.75, 3.05) is 11.9 Å². The molecule has 156 valence electrons. The molecule has 9 nitrogen and oxygen atoms in total. The van der Waals surface area contributed by atoms with E-state index >= 15 is 0 Å². The van der Waals surface area contributed by atoms with Crippen LogP contribution < -0.4 is 21.5 Å². The van der Waals surface area contributed by atoms with Crippen molar-refractivity contribution in [1.29, 1.82) is 0 Å². The topological polar surface area (TPSA) is 126 Å². The minimum Gasteiger partial charge on any atom is -0.463 e. The van der Waals surface area contributed by atoms with E-state index in [1.165, 1.54) is 0 Å². The fourth-order valence-electron chi connectivity index (χ4n) is 1.98. The summed E-state index contributed by atoms with van der Waals surface area (Å²) in [5.41, 5.74) is 7.43. The Morgan fingerprint density at radius 2 is 1.69 bits per heavy atom. The van der Waals surface area contributed by atoms with E-state index in [1.54, 1.807) is 13.0 Å². The van der Waals surface area contributed by atoms with Gasteiger partial charge in [-0.15, -0.1) is 0 Å². The summed E-state index contributed by atoms with van der Waals surface area (Å²) in [6.45, 7) is 5.75. The van der Waals surface area contributed by atoms with Gasteiger partial charge in [0, 0.05) is 30.7 Å². The Labute approximate surface area is 174 Å². The first-order chi connectivity index (χ1) is 13.7. The Morgan fingerprint density at radius 1 is 1.00 bits per heavy atom. The fourth-order valence-corrected chi connectivity index (χ4v) is 2.13. The molecule has 0 heterocycles. The monoisotopic (exact) mass is 420 g/mol. The van der Waals surface area contributed by atoms with Gasteiger partial charge in [0.2, 0.25) is 17.7 Å². The van der Waals surface area contributed by atoms with Gasteiger partial charge in [0.05, 0.1) is 6.61 Å². The van der Waals surface area contributed by atoms with Gasteiger partial charge in [0.25, 0.3) is 0 Å². The quantitative estimate of drug-likeness (QED) is 0.226. The first kappa shape index (κ1) is 23.8. The van der Waals surface area contributed by atoms with Crippen LogP contribution in [-0.2, 0) is 23.9 Å². The second-order valence-corrected chi connectivity index (χ2v) is 6.33. The number of esters is 1. The van der Waals surface area contributed by atoms with Gasteiger partial charge in [-0.2, -0.15) is 0 Å². The Kier molecular flexibility index (Phi) is 10.0. The van der Waals surface area contributed by atoms with Crippen LogP contribution in [0.2, 0.25) is 0 Å². The number of aryl methyl sites for hydroxylation is 2. The summed E-state index contributed by atoms with van der Waals surface area (Å²) < 4.78 is 4.63. The molecule has 0 bridgehead atoms. The maximum Gasteiger partial charge on any atom is 0.330 e. The predicted octanol–water partition coefficient (Wildman–Crippen LogP) is 1.16. The van der Waals surface area contributed by atoms with E-state index in [0.717, 1.165) is 23.3 Å². The molecule has 0 saturated carbocycles. The molecule has 0 aliphatic carbocycles. The molecule has 0 aromatic heterocycles. The van der Waals surface area contributed by atoms with E-state index in [-0.39, 0.29) is 30.5 Å². The number of carbonyl (C=O) groups excluding carboxylic acids is 4. The third-order valence-electron chi connectivity index (χ3n) is 3.58. The normalized spacial score (nSPS) is 10.2. The maximum atomic E-state index is 11.9. The van der Waals surface area contributed by atoms with Crippen molar-refractivity contribution in [3.05, 3.63) is 41.5 Å². The zero-order valence-electron chi connectivity index (χ0n) is 16.5. The molecule has 0 spiro atoms. The largest absolute Gasteiger partial charge is 0.463 e.